The minimum Gasteiger partial charge on any atom is -0.462 e. The van der Waals surface area contributed by atoms with Crippen LogP contribution in [0.25, 0.3) is 0 Å². The first-order valence-corrected chi connectivity index (χ1v) is 7.69. The number of fused-ring (bicyclic) bond motifs is 1. The van der Waals surface area contributed by atoms with E-state index in [1.54, 1.807) is 13.0 Å². The molecule has 1 saturated heterocycles. The van der Waals surface area contributed by atoms with Crippen molar-refractivity contribution in [1.82, 2.24) is 0 Å². The van der Waals surface area contributed by atoms with Crippen LogP contribution >= 0.6 is 0 Å². The van der Waals surface area contributed by atoms with E-state index in [1.165, 1.54) is 6.92 Å². The highest BCUT2D eigenvalue weighted by molar-refractivity contribution is 5.75. The number of hydrogen-bond acceptors (Lipinski definition) is 5. The predicted octanol–water partition coefficient (Wildman–Crippen LogP) is 2.14. The summed E-state index contributed by atoms with van der Waals surface area (Å²) in [7, 11) is 0. The summed E-state index contributed by atoms with van der Waals surface area (Å²) in [5, 5.41) is 10.1. The lowest BCUT2D eigenvalue weighted by molar-refractivity contribution is -0.150. The van der Waals surface area contributed by atoms with E-state index >= 15 is 0 Å². The van der Waals surface area contributed by atoms with E-state index in [1.807, 2.05) is 19.9 Å². The predicted molar refractivity (Wildman–Crippen MR) is 80.8 cm³/mol. The minimum absolute atomic E-state index is 0.236. The quantitative estimate of drug-likeness (QED) is 0.593. The molecule has 2 rings (SSSR count). The fraction of sp³-hybridized carbons (Fsp3) is 0.647. The Morgan fingerprint density at radius 3 is 2.73 bits per heavy atom. The van der Waals surface area contributed by atoms with Crippen LogP contribution in [0.3, 0.4) is 0 Å². The van der Waals surface area contributed by atoms with Crippen LogP contribution in [0, 0.1) is 11.8 Å². The first kappa shape index (κ1) is 16.7. The van der Waals surface area contributed by atoms with Gasteiger partial charge < -0.3 is 14.6 Å². The average molecular weight is 308 g/mol. The van der Waals surface area contributed by atoms with E-state index < -0.39 is 18.3 Å². The van der Waals surface area contributed by atoms with Crippen molar-refractivity contribution < 1.29 is 24.2 Å². The topological polar surface area (TPSA) is 72.8 Å². The fourth-order valence-electron chi connectivity index (χ4n) is 3.18. The van der Waals surface area contributed by atoms with Crippen LogP contribution in [0.1, 0.15) is 40.5 Å². The Labute approximate surface area is 131 Å². The molecular formula is C17H24O5. The molecule has 0 saturated carbocycles. The Kier molecular flexibility index (Phi) is 5.06. The summed E-state index contributed by atoms with van der Waals surface area (Å²) < 4.78 is 10.9. The summed E-state index contributed by atoms with van der Waals surface area (Å²) in [6.45, 7) is 6.94. The van der Waals surface area contributed by atoms with E-state index in [0.29, 0.717) is 12.8 Å². The summed E-state index contributed by atoms with van der Waals surface area (Å²) in [6, 6.07) is 0. The summed E-state index contributed by atoms with van der Waals surface area (Å²) in [6.07, 6.45) is 3.34. The molecule has 1 aliphatic carbocycles. The highest BCUT2D eigenvalue weighted by Gasteiger charge is 2.46. The lowest BCUT2D eigenvalue weighted by Crippen LogP contribution is -2.35. The Morgan fingerprint density at radius 2 is 2.09 bits per heavy atom. The van der Waals surface area contributed by atoms with Gasteiger partial charge in [-0.15, -0.1) is 0 Å². The van der Waals surface area contributed by atoms with E-state index in [9.17, 15) is 14.7 Å². The normalized spacial score (nSPS) is 35.9. The molecule has 5 atom stereocenters. The van der Waals surface area contributed by atoms with Gasteiger partial charge >= 0.3 is 11.9 Å². The second kappa shape index (κ2) is 6.65. The van der Waals surface area contributed by atoms with Crippen molar-refractivity contribution in [1.29, 1.82) is 0 Å². The molecule has 0 aromatic carbocycles. The third kappa shape index (κ3) is 3.58. The number of aliphatic hydroxyl groups excluding tert-OH is 1. The van der Waals surface area contributed by atoms with E-state index in [4.69, 9.17) is 9.47 Å². The van der Waals surface area contributed by atoms with Crippen LogP contribution < -0.4 is 0 Å². The third-order valence-electron chi connectivity index (χ3n) is 4.49. The molecule has 0 radical (unpaired) electrons. The molecule has 0 aromatic heterocycles. The molecule has 2 aliphatic rings. The molecule has 5 heteroatoms. The van der Waals surface area contributed by atoms with E-state index in [-0.39, 0.29) is 23.8 Å². The maximum absolute atomic E-state index is 12.0. The molecule has 22 heavy (non-hydrogen) atoms. The number of esters is 2. The Bertz CT molecular complexity index is 519. The van der Waals surface area contributed by atoms with Gasteiger partial charge in [-0.25, -0.2) is 0 Å². The van der Waals surface area contributed by atoms with Crippen LogP contribution in [0.2, 0.25) is 0 Å². The van der Waals surface area contributed by atoms with Crippen molar-refractivity contribution in [3.05, 3.63) is 23.3 Å². The van der Waals surface area contributed by atoms with Crippen LogP contribution in [0.4, 0.5) is 0 Å². The van der Waals surface area contributed by atoms with Crippen molar-refractivity contribution in [2.24, 2.45) is 11.8 Å². The maximum atomic E-state index is 12.0. The summed E-state index contributed by atoms with van der Waals surface area (Å²) >= 11 is 0. The minimum atomic E-state index is -0.588. The molecule has 0 bridgehead atoms. The number of aliphatic hydroxyl groups is 1. The number of rotatable bonds is 1. The smallest absolute Gasteiger partial charge is 0.309 e. The summed E-state index contributed by atoms with van der Waals surface area (Å²) in [4.78, 5) is 23.4. The van der Waals surface area contributed by atoms with E-state index in [2.05, 4.69) is 0 Å². The van der Waals surface area contributed by atoms with Crippen molar-refractivity contribution in [3.8, 4) is 0 Å². The zero-order valence-electron chi connectivity index (χ0n) is 13.5. The number of hydrogen-bond donors (Lipinski definition) is 1. The highest BCUT2D eigenvalue weighted by Crippen LogP contribution is 2.37. The van der Waals surface area contributed by atoms with Gasteiger partial charge in [-0.2, -0.15) is 0 Å². The molecule has 1 fully saturated rings. The summed E-state index contributed by atoms with van der Waals surface area (Å²) in [5.74, 6) is -1.23. The molecule has 0 aromatic rings. The lowest BCUT2D eigenvalue weighted by Gasteiger charge is -2.29. The second-order valence-corrected chi connectivity index (χ2v) is 6.33. The van der Waals surface area contributed by atoms with Crippen molar-refractivity contribution in [2.75, 3.05) is 0 Å². The first-order chi connectivity index (χ1) is 10.3. The first-order valence-electron chi connectivity index (χ1n) is 7.69. The van der Waals surface area contributed by atoms with Gasteiger partial charge in [0, 0.05) is 13.3 Å². The SMILES string of the molecule is CC(=O)OC1CC(C)=CCC(O)C(C)=CC2OC(=O)C(C)C21. The van der Waals surface area contributed by atoms with Crippen LogP contribution in [-0.4, -0.2) is 35.4 Å². The largest absolute Gasteiger partial charge is 0.462 e. The van der Waals surface area contributed by atoms with Gasteiger partial charge in [0.1, 0.15) is 12.2 Å². The van der Waals surface area contributed by atoms with Crippen LogP contribution in [-0.2, 0) is 19.1 Å². The average Bonchev–Trinajstić information content (AvgIpc) is 2.69. The van der Waals surface area contributed by atoms with Gasteiger partial charge in [0.15, 0.2) is 0 Å². The highest BCUT2D eigenvalue weighted by atomic mass is 16.6. The monoisotopic (exact) mass is 308 g/mol. The second-order valence-electron chi connectivity index (χ2n) is 6.33. The molecule has 122 valence electrons. The molecule has 1 aliphatic heterocycles. The van der Waals surface area contributed by atoms with Crippen LogP contribution in [0.5, 0.6) is 0 Å². The Hall–Kier alpha value is -1.62. The lowest BCUT2D eigenvalue weighted by atomic mass is 9.82. The third-order valence-corrected chi connectivity index (χ3v) is 4.49. The molecular weight excluding hydrogens is 284 g/mol. The number of ether oxygens (including phenoxy) is 2. The molecule has 5 unspecified atom stereocenters. The molecule has 0 spiro atoms. The molecule has 0 amide bonds. The van der Waals surface area contributed by atoms with Gasteiger partial charge in [-0.3, -0.25) is 9.59 Å². The standard InChI is InChI=1S/C17H24O5/c1-9-5-6-13(19)10(2)8-15-16(11(3)17(20)22-15)14(7-9)21-12(4)18/h5,8,11,13-16,19H,6-7H2,1-4H3. The maximum Gasteiger partial charge on any atom is 0.309 e. The van der Waals surface area contributed by atoms with Gasteiger partial charge in [0.05, 0.1) is 17.9 Å². The molecule has 5 nitrogen and oxygen atoms in total. The van der Waals surface area contributed by atoms with Crippen molar-refractivity contribution in [3.63, 3.8) is 0 Å². The van der Waals surface area contributed by atoms with Gasteiger partial charge in [-0.1, -0.05) is 18.6 Å². The zero-order chi connectivity index (χ0) is 16.4. The number of carbonyl (C=O) groups excluding carboxylic acids is 2. The molecule has 1 N–H and O–H groups in total. The van der Waals surface area contributed by atoms with E-state index in [0.717, 1.165) is 11.1 Å². The Balaban J connectivity index is 2.40. The van der Waals surface area contributed by atoms with Crippen molar-refractivity contribution >= 4 is 11.9 Å². The van der Waals surface area contributed by atoms with Gasteiger partial charge in [0.25, 0.3) is 0 Å². The fourth-order valence-corrected chi connectivity index (χ4v) is 3.18. The number of carbonyl (C=O) groups is 2. The molecule has 1 heterocycles. The zero-order valence-corrected chi connectivity index (χ0v) is 13.5. The van der Waals surface area contributed by atoms with Gasteiger partial charge in [0.2, 0.25) is 0 Å². The van der Waals surface area contributed by atoms with Crippen LogP contribution in [0.15, 0.2) is 23.3 Å². The summed E-state index contributed by atoms with van der Waals surface area (Å²) in [5.41, 5.74) is 1.80. The Morgan fingerprint density at radius 1 is 1.41 bits per heavy atom. The van der Waals surface area contributed by atoms with Crippen molar-refractivity contribution in [2.45, 2.75) is 58.8 Å². The van der Waals surface area contributed by atoms with Gasteiger partial charge in [-0.05, 0) is 31.9 Å².